The average molecular weight is 280 g/mol. The molecule has 1 saturated heterocycles. The molecule has 1 fully saturated rings. The summed E-state index contributed by atoms with van der Waals surface area (Å²) < 4.78 is 15.9. The lowest BCUT2D eigenvalue weighted by atomic mass is 10.2. The molecular weight excluding hydrogens is 260 g/mol. The second-order valence-corrected chi connectivity index (χ2v) is 4.48. The molecule has 1 atom stereocenters. The molecule has 0 spiro atoms. The van der Waals surface area contributed by atoms with E-state index in [-0.39, 0.29) is 5.97 Å². The molecule has 1 aliphatic heterocycles. The van der Waals surface area contributed by atoms with Gasteiger partial charge >= 0.3 is 5.97 Å². The standard InChI is InChI=1S/C14H20N2O4/c1-3-8-20-12-5-4-6-15-13(12)16-7-9-19-10-11(16)14(17)18-2/h4-6,11H,3,7-10H2,1-2H3. The monoisotopic (exact) mass is 280 g/mol. The zero-order valence-electron chi connectivity index (χ0n) is 11.9. The van der Waals surface area contributed by atoms with E-state index < -0.39 is 6.04 Å². The molecule has 6 heteroatoms. The summed E-state index contributed by atoms with van der Waals surface area (Å²) in [5, 5.41) is 0. The topological polar surface area (TPSA) is 60.9 Å². The number of hydrogen-bond donors (Lipinski definition) is 0. The highest BCUT2D eigenvalue weighted by molar-refractivity contribution is 5.80. The van der Waals surface area contributed by atoms with Gasteiger partial charge in [-0.3, -0.25) is 0 Å². The summed E-state index contributed by atoms with van der Waals surface area (Å²) >= 11 is 0. The maximum absolute atomic E-state index is 11.9. The van der Waals surface area contributed by atoms with Gasteiger partial charge in [0.2, 0.25) is 0 Å². The Labute approximate surface area is 118 Å². The van der Waals surface area contributed by atoms with Gasteiger partial charge in [-0.25, -0.2) is 9.78 Å². The number of esters is 1. The van der Waals surface area contributed by atoms with E-state index in [1.54, 1.807) is 6.20 Å². The van der Waals surface area contributed by atoms with Crippen LogP contribution in [0.3, 0.4) is 0 Å². The number of carbonyl (C=O) groups is 1. The predicted molar refractivity (Wildman–Crippen MR) is 74.0 cm³/mol. The molecule has 0 aliphatic carbocycles. The summed E-state index contributed by atoms with van der Waals surface area (Å²) in [6, 6.07) is 3.21. The van der Waals surface area contributed by atoms with Crippen molar-refractivity contribution in [2.45, 2.75) is 19.4 Å². The van der Waals surface area contributed by atoms with Crippen molar-refractivity contribution in [1.82, 2.24) is 4.98 Å². The van der Waals surface area contributed by atoms with E-state index >= 15 is 0 Å². The second kappa shape index (κ2) is 7.09. The van der Waals surface area contributed by atoms with Crippen LogP contribution in [-0.2, 0) is 14.3 Å². The van der Waals surface area contributed by atoms with Gasteiger partial charge in [0, 0.05) is 12.7 Å². The molecule has 1 aliphatic rings. The SMILES string of the molecule is CCCOc1cccnc1N1CCOCC1C(=O)OC. The lowest BCUT2D eigenvalue weighted by Gasteiger charge is -2.35. The highest BCUT2D eigenvalue weighted by atomic mass is 16.5. The number of pyridine rings is 1. The summed E-state index contributed by atoms with van der Waals surface area (Å²) in [5.74, 6) is 1.03. The van der Waals surface area contributed by atoms with Gasteiger partial charge in [-0.15, -0.1) is 0 Å². The van der Waals surface area contributed by atoms with Gasteiger partial charge in [0.05, 0.1) is 26.9 Å². The first-order valence-corrected chi connectivity index (χ1v) is 6.78. The van der Waals surface area contributed by atoms with E-state index in [0.717, 1.165) is 6.42 Å². The van der Waals surface area contributed by atoms with Gasteiger partial charge in [-0.1, -0.05) is 6.92 Å². The number of anilines is 1. The summed E-state index contributed by atoms with van der Waals surface area (Å²) in [5.41, 5.74) is 0. The smallest absolute Gasteiger partial charge is 0.330 e. The molecule has 0 N–H and O–H groups in total. The number of rotatable bonds is 5. The Morgan fingerprint density at radius 1 is 1.60 bits per heavy atom. The second-order valence-electron chi connectivity index (χ2n) is 4.48. The van der Waals surface area contributed by atoms with Crippen LogP contribution in [0.4, 0.5) is 5.82 Å². The first-order valence-electron chi connectivity index (χ1n) is 6.78. The van der Waals surface area contributed by atoms with Crippen LogP contribution >= 0.6 is 0 Å². The van der Waals surface area contributed by atoms with Crippen LogP contribution in [0.25, 0.3) is 0 Å². The number of ether oxygens (including phenoxy) is 3. The Morgan fingerprint density at radius 3 is 3.20 bits per heavy atom. The summed E-state index contributed by atoms with van der Waals surface area (Å²) in [4.78, 5) is 18.1. The van der Waals surface area contributed by atoms with Gasteiger partial charge in [-0.2, -0.15) is 0 Å². The largest absolute Gasteiger partial charge is 0.490 e. The first kappa shape index (κ1) is 14.6. The van der Waals surface area contributed by atoms with Crippen LogP contribution in [0.1, 0.15) is 13.3 Å². The van der Waals surface area contributed by atoms with E-state index in [1.807, 2.05) is 24.0 Å². The number of morpholine rings is 1. The molecule has 2 heterocycles. The fraction of sp³-hybridized carbons (Fsp3) is 0.571. The zero-order chi connectivity index (χ0) is 14.4. The summed E-state index contributed by atoms with van der Waals surface area (Å²) in [6.45, 7) is 4.10. The third-order valence-electron chi connectivity index (χ3n) is 3.09. The predicted octanol–water partition coefficient (Wildman–Crippen LogP) is 1.25. The number of aromatic nitrogens is 1. The molecule has 1 aromatic heterocycles. The Bertz CT molecular complexity index is 453. The molecule has 2 rings (SSSR count). The van der Waals surface area contributed by atoms with Crippen LogP contribution in [-0.4, -0.2) is 50.5 Å². The summed E-state index contributed by atoms with van der Waals surface area (Å²) in [6.07, 6.45) is 2.61. The molecule has 110 valence electrons. The van der Waals surface area contributed by atoms with Gasteiger partial charge in [0.25, 0.3) is 0 Å². The van der Waals surface area contributed by atoms with Crippen molar-refractivity contribution in [3.05, 3.63) is 18.3 Å². The normalized spacial score (nSPS) is 18.7. The fourth-order valence-corrected chi connectivity index (χ4v) is 2.11. The lowest BCUT2D eigenvalue weighted by molar-refractivity contribution is -0.144. The molecule has 0 saturated carbocycles. The number of hydrogen-bond acceptors (Lipinski definition) is 6. The molecule has 0 amide bonds. The summed E-state index contributed by atoms with van der Waals surface area (Å²) in [7, 11) is 1.38. The Morgan fingerprint density at radius 2 is 2.45 bits per heavy atom. The number of nitrogens with zero attached hydrogens (tertiary/aromatic N) is 2. The third kappa shape index (κ3) is 3.19. The van der Waals surface area contributed by atoms with E-state index in [0.29, 0.717) is 37.9 Å². The van der Waals surface area contributed by atoms with E-state index in [4.69, 9.17) is 14.2 Å². The quantitative estimate of drug-likeness (QED) is 0.756. The van der Waals surface area contributed by atoms with Crippen molar-refractivity contribution in [2.75, 3.05) is 38.4 Å². The van der Waals surface area contributed by atoms with Crippen molar-refractivity contribution in [3.8, 4) is 5.75 Å². The van der Waals surface area contributed by atoms with Crippen molar-refractivity contribution >= 4 is 11.8 Å². The minimum absolute atomic E-state index is 0.302. The van der Waals surface area contributed by atoms with Gasteiger partial charge in [0.1, 0.15) is 0 Å². The van der Waals surface area contributed by atoms with Crippen molar-refractivity contribution < 1.29 is 19.0 Å². The molecule has 1 aromatic rings. The van der Waals surface area contributed by atoms with Crippen molar-refractivity contribution in [2.24, 2.45) is 0 Å². The molecule has 20 heavy (non-hydrogen) atoms. The number of carbonyl (C=O) groups excluding carboxylic acids is 1. The Kier molecular flexibility index (Phi) is 5.17. The molecule has 0 aromatic carbocycles. The van der Waals surface area contributed by atoms with Crippen molar-refractivity contribution in [3.63, 3.8) is 0 Å². The van der Waals surface area contributed by atoms with E-state index in [9.17, 15) is 4.79 Å². The molecule has 6 nitrogen and oxygen atoms in total. The molecule has 0 radical (unpaired) electrons. The first-order chi connectivity index (χ1) is 9.77. The fourth-order valence-electron chi connectivity index (χ4n) is 2.11. The number of methoxy groups -OCH3 is 1. The van der Waals surface area contributed by atoms with Gasteiger partial charge in [-0.05, 0) is 18.6 Å². The van der Waals surface area contributed by atoms with Crippen LogP contribution in [0, 0.1) is 0 Å². The maximum Gasteiger partial charge on any atom is 0.330 e. The van der Waals surface area contributed by atoms with Crippen LogP contribution in [0.15, 0.2) is 18.3 Å². The highest BCUT2D eigenvalue weighted by Gasteiger charge is 2.32. The molecular formula is C14H20N2O4. The third-order valence-corrected chi connectivity index (χ3v) is 3.09. The average Bonchev–Trinajstić information content (AvgIpc) is 2.52. The lowest BCUT2D eigenvalue weighted by Crippen LogP contribution is -2.51. The van der Waals surface area contributed by atoms with E-state index in [1.165, 1.54) is 7.11 Å². The van der Waals surface area contributed by atoms with Gasteiger partial charge in [0.15, 0.2) is 17.6 Å². The minimum atomic E-state index is -0.479. The van der Waals surface area contributed by atoms with Crippen LogP contribution in [0.2, 0.25) is 0 Å². The molecule has 0 bridgehead atoms. The van der Waals surface area contributed by atoms with Crippen molar-refractivity contribution in [1.29, 1.82) is 0 Å². The molecule has 1 unspecified atom stereocenters. The zero-order valence-corrected chi connectivity index (χ0v) is 11.9. The maximum atomic E-state index is 11.9. The van der Waals surface area contributed by atoms with Crippen LogP contribution in [0.5, 0.6) is 5.75 Å². The Balaban J connectivity index is 2.25. The highest BCUT2D eigenvalue weighted by Crippen LogP contribution is 2.28. The van der Waals surface area contributed by atoms with E-state index in [2.05, 4.69) is 4.98 Å². The Hall–Kier alpha value is -1.82. The minimum Gasteiger partial charge on any atom is -0.490 e. The van der Waals surface area contributed by atoms with Gasteiger partial charge < -0.3 is 19.1 Å². The van der Waals surface area contributed by atoms with Crippen LogP contribution < -0.4 is 9.64 Å².